The van der Waals surface area contributed by atoms with E-state index in [9.17, 15) is 19.1 Å². The van der Waals surface area contributed by atoms with Crippen molar-refractivity contribution < 1.29 is 19.1 Å². The quantitative estimate of drug-likeness (QED) is 0.667. The molecule has 0 fully saturated rings. The van der Waals surface area contributed by atoms with Crippen LogP contribution in [0.4, 0.5) is 14.9 Å². The number of anilines is 1. The van der Waals surface area contributed by atoms with Crippen molar-refractivity contribution >= 4 is 33.6 Å². The zero-order valence-corrected chi connectivity index (χ0v) is 19.9. The van der Waals surface area contributed by atoms with Gasteiger partial charge in [-0.25, -0.2) is 9.18 Å². The summed E-state index contributed by atoms with van der Waals surface area (Å²) < 4.78 is 15.5. The molecular formula is C22H27BrFN5O3. The predicted molar refractivity (Wildman–Crippen MR) is 121 cm³/mol. The molecule has 3 atom stereocenters. The van der Waals surface area contributed by atoms with Crippen molar-refractivity contribution in [2.24, 2.45) is 5.92 Å². The second kappa shape index (κ2) is 8.82. The average Bonchev–Trinajstić information content (AvgIpc) is 3.04. The number of hydrogen-bond acceptors (Lipinski definition) is 4. The van der Waals surface area contributed by atoms with Crippen LogP contribution in [0.3, 0.4) is 0 Å². The second-order valence-corrected chi connectivity index (χ2v) is 9.47. The Kier molecular flexibility index (Phi) is 6.26. The Morgan fingerprint density at radius 3 is 2.84 bits per heavy atom. The number of nitrogens with zero attached hydrogens (tertiary/aromatic N) is 4. The summed E-state index contributed by atoms with van der Waals surface area (Å²) in [6.07, 6.45) is 0.607. The molecule has 1 aromatic heterocycles. The molecule has 10 heteroatoms. The van der Waals surface area contributed by atoms with E-state index in [4.69, 9.17) is 5.10 Å². The number of carbonyl (C=O) groups is 2. The summed E-state index contributed by atoms with van der Waals surface area (Å²) in [6, 6.07) is 3.84. The van der Waals surface area contributed by atoms with Gasteiger partial charge in [0.1, 0.15) is 11.5 Å². The summed E-state index contributed by atoms with van der Waals surface area (Å²) in [4.78, 5) is 29.5. The van der Waals surface area contributed by atoms with Gasteiger partial charge in [-0.15, -0.1) is 0 Å². The minimum absolute atomic E-state index is 0.106. The van der Waals surface area contributed by atoms with Gasteiger partial charge in [0.25, 0.3) is 5.91 Å². The largest absolute Gasteiger partial charge is 0.393 e. The predicted octanol–water partition coefficient (Wildman–Crippen LogP) is 3.24. The van der Waals surface area contributed by atoms with E-state index in [1.807, 2.05) is 13.8 Å². The van der Waals surface area contributed by atoms with Crippen LogP contribution in [0.1, 0.15) is 42.0 Å². The number of nitrogens with one attached hydrogen (secondary N) is 1. The first kappa shape index (κ1) is 22.7. The molecule has 2 aromatic rings. The molecule has 0 bridgehead atoms. The van der Waals surface area contributed by atoms with Crippen LogP contribution in [-0.2, 0) is 19.5 Å². The first-order valence-corrected chi connectivity index (χ1v) is 11.5. The Labute approximate surface area is 194 Å². The third kappa shape index (κ3) is 4.13. The Hall–Kier alpha value is -2.46. The number of aliphatic hydroxyl groups is 1. The number of amides is 3. The van der Waals surface area contributed by atoms with Crippen LogP contribution in [-0.4, -0.2) is 62.4 Å². The molecule has 2 aliphatic rings. The van der Waals surface area contributed by atoms with Crippen LogP contribution < -0.4 is 5.32 Å². The SMILES string of the molecule is CC[C@@H](O)[C@@H]1CN(C)C(=O)c2c3c(nn2C1)C[C@@H](C)N(C(=O)Nc1ccc(F)c(Br)c1)C3. The van der Waals surface area contributed by atoms with Crippen molar-refractivity contribution in [3.63, 3.8) is 0 Å². The maximum Gasteiger partial charge on any atom is 0.322 e. The van der Waals surface area contributed by atoms with Crippen LogP contribution >= 0.6 is 15.9 Å². The molecule has 0 unspecified atom stereocenters. The van der Waals surface area contributed by atoms with Crippen LogP contribution in [0, 0.1) is 11.7 Å². The monoisotopic (exact) mass is 507 g/mol. The number of aromatic nitrogens is 2. The Morgan fingerprint density at radius 1 is 1.41 bits per heavy atom. The van der Waals surface area contributed by atoms with Gasteiger partial charge in [-0.05, 0) is 47.5 Å². The fourth-order valence-corrected chi connectivity index (χ4v) is 4.86. The fourth-order valence-electron chi connectivity index (χ4n) is 4.48. The van der Waals surface area contributed by atoms with E-state index in [-0.39, 0.29) is 34.9 Å². The zero-order chi connectivity index (χ0) is 23.2. The molecule has 2 N–H and O–H groups in total. The molecule has 32 heavy (non-hydrogen) atoms. The number of hydrogen-bond donors (Lipinski definition) is 2. The first-order chi connectivity index (χ1) is 15.2. The van der Waals surface area contributed by atoms with Crippen molar-refractivity contribution in [2.45, 2.75) is 51.9 Å². The molecule has 0 saturated heterocycles. The Bertz CT molecular complexity index is 1060. The van der Waals surface area contributed by atoms with Crippen LogP contribution in [0.2, 0.25) is 0 Å². The highest BCUT2D eigenvalue weighted by molar-refractivity contribution is 9.10. The molecule has 1 aromatic carbocycles. The first-order valence-electron chi connectivity index (χ1n) is 10.7. The maximum absolute atomic E-state index is 13.5. The minimum atomic E-state index is -0.520. The van der Waals surface area contributed by atoms with Gasteiger partial charge in [0, 0.05) is 49.8 Å². The van der Waals surface area contributed by atoms with Crippen molar-refractivity contribution in [3.8, 4) is 0 Å². The fraction of sp³-hybridized carbons (Fsp3) is 0.500. The number of urea groups is 1. The highest BCUT2D eigenvalue weighted by Gasteiger charge is 2.38. The third-order valence-corrected chi connectivity index (χ3v) is 6.95. The maximum atomic E-state index is 13.5. The van der Waals surface area contributed by atoms with Gasteiger partial charge in [0.05, 0.1) is 22.8 Å². The summed E-state index contributed by atoms with van der Waals surface area (Å²) in [7, 11) is 1.73. The number of benzene rings is 1. The van der Waals surface area contributed by atoms with Crippen molar-refractivity contribution in [1.82, 2.24) is 19.6 Å². The summed E-state index contributed by atoms with van der Waals surface area (Å²) in [5.41, 5.74) is 2.53. The molecule has 8 nitrogen and oxygen atoms in total. The normalized spacial score (nSPS) is 21.6. The topological polar surface area (TPSA) is 90.7 Å². The average molecular weight is 508 g/mol. The second-order valence-electron chi connectivity index (χ2n) is 8.62. The smallest absolute Gasteiger partial charge is 0.322 e. The number of halogens is 2. The van der Waals surface area contributed by atoms with Gasteiger partial charge in [0.15, 0.2) is 0 Å². The lowest BCUT2D eigenvalue weighted by molar-refractivity contribution is 0.0625. The standard InChI is InChI=1S/C22H27BrFN5O3/c1-4-19(30)13-9-27(3)21(31)20-15-11-28(12(2)7-18(15)26-29(20)10-13)22(32)25-14-5-6-17(24)16(23)8-14/h5-6,8,12-13,19,30H,4,7,9-11H2,1-3H3,(H,25,32)/t12-,13-,19-/m1/s1. The van der Waals surface area contributed by atoms with Crippen molar-refractivity contribution in [1.29, 1.82) is 0 Å². The number of aliphatic hydroxyl groups excluding tert-OH is 1. The van der Waals surface area contributed by atoms with Crippen molar-refractivity contribution in [3.05, 3.63) is 45.4 Å². The van der Waals surface area contributed by atoms with Gasteiger partial charge in [-0.3, -0.25) is 9.48 Å². The number of rotatable bonds is 3. The summed E-state index contributed by atoms with van der Waals surface area (Å²) >= 11 is 3.13. The molecule has 172 valence electrons. The van der Waals surface area contributed by atoms with E-state index in [0.29, 0.717) is 37.3 Å². The lowest BCUT2D eigenvalue weighted by Gasteiger charge is -2.33. The molecule has 0 radical (unpaired) electrons. The van der Waals surface area contributed by atoms with Crippen LogP contribution in [0.25, 0.3) is 0 Å². The van der Waals surface area contributed by atoms with Gasteiger partial charge >= 0.3 is 6.03 Å². The molecule has 0 aliphatic carbocycles. The molecule has 3 heterocycles. The lowest BCUT2D eigenvalue weighted by atomic mass is 9.99. The molecule has 0 saturated carbocycles. The van der Waals surface area contributed by atoms with E-state index in [1.165, 1.54) is 18.2 Å². The minimum Gasteiger partial charge on any atom is -0.393 e. The van der Waals surface area contributed by atoms with Crippen LogP contribution in [0.15, 0.2) is 22.7 Å². The molecule has 0 spiro atoms. The summed E-state index contributed by atoms with van der Waals surface area (Å²) in [6.45, 7) is 5.01. The van der Waals surface area contributed by atoms with E-state index in [2.05, 4.69) is 21.2 Å². The highest BCUT2D eigenvalue weighted by Crippen LogP contribution is 2.30. The van der Waals surface area contributed by atoms with E-state index in [0.717, 1.165) is 11.3 Å². The molecular weight excluding hydrogens is 481 g/mol. The van der Waals surface area contributed by atoms with Gasteiger partial charge < -0.3 is 20.2 Å². The van der Waals surface area contributed by atoms with Crippen molar-refractivity contribution in [2.75, 3.05) is 18.9 Å². The number of fused-ring (bicyclic) bond motifs is 3. The third-order valence-electron chi connectivity index (χ3n) is 6.34. The number of carbonyl (C=O) groups excluding carboxylic acids is 2. The van der Waals surface area contributed by atoms with E-state index in [1.54, 1.807) is 21.5 Å². The molecule has 3 amide bonds. The van der Waals surface area contributed by atoms with E-state index < -0.39 is 11.9 Å². The van der Waals surface area contributed by atoms with E-state index >= 15 is 0 Å². The van der Waals surface area contributed by atoms with Crippen LogP contribution in [0.5, 0.6) is 0 Å². The Balaban J connectivity index is 1.61. The summed E-state index contributed by atoms with van der Waals surface area (Å²) in [5, 5.41) is 17.9. The molecule has 4 rings (SSSR count). The lowest BCUT2D eigenvalue weighted by Crippen LogP contribution is -2.45. The molecule has 2 aliphatic heterocycles. The van der Waals surface area contributed by atoms with Gasteiger partial charge in [0.2, 0.25) is 0 Å². The summed E-state index contributed by atoms with van der Waals surface area (Å²) in [5.74, 6) is -0.664. The van der Waals surface area contributed by atoms with Gasteiger partial charge in [-0.1, -0.05) is 6.92 Å². The highest BCUT2D eigenvalue weighted by atomic mass is 79.9. The van der Waals surface area contributed by atoms with Gasteiger partial charge in [-0.2, -0.15) is 5.10 Å². The zero-order valence-electron chi connectivity index (χ0n) is 18.3. The Morgan fingerprint density at radius 2 is 2.16 bits per heavy atom.